The number of esters is 1. The van der Waals surface area contributed by atoms with Gasteiger partial charge in [0.15, 0.2) is 16.6 Å². The molecule has 0 heterocycles. The normalized spacial score (nSPS) is 19.7. The molecule has 0 aromatic heterocycles. The van der Waals surface area contributed by atoms with Crippen LogP contribution in [0.15, 0.2) is 22.8 Å². The van der Waals surface area contributed by atoms with Crippen molar-refractivity contribution in [3.63, 3.8) is 0 Å². The summed E-state index contributed by atoms with van der Waals surface area (Å²) >= 11 is 1.75. The van der Waals surface area contributed by atoms with Gasteiger partial charge in [0.25, 0.3) is 0 Å². The van der Waals surface area contributed by atoms with Gasteiger partial charge < -0.3 is 18.7 Å². The van der Waals surface area contributed by atoms with Crippen molar-refractivity contribution in [2.24, 2.45) is 17.8 Å². The number of rotatable bonds is 20. The SMILES string of the molecule is CCCC[C@@H](C)C[C@@H](/C=C/[C@@H]1C(SCCCCCC(=O)O)=C(OC(=O)C(C)C)C[C@H]1O[Si](C)(C)C(C)(C)C)O[Si](C)(C)C(C)(C)C. The summed E-state index contributed by atoms with van der Waals surface area (Å²) < 4.78 is 20.3. The van der Waals surface area contributed by atoms with Crippen LogP contribution in [0.5, 0.6) is 0 Å². The fourth-order valence-corrected chi connectivity index (χ4v) is 8.83. The van der Waals surface area contributed by atoms with Gasteiger partial charge in [-0.05, 0) is 67.2 Å². The van der Waals surface area contributed by atoms with Gasteiger partial charge in [0.1, 0.15) is 5.76 Å². The van der Waals surface area contributed by atoms with Crippen molar-refractivity contribution < 1.29 is 28.3 Å². The number of hydrogen-bond acceptors (Lipinski definition) is 6. The fraction of sp³-hybridized carbons (Fsp3) is 0.838. The molecule has 0 amide bonds. The van der Waals surface area contributed by atoms with Gasteiger partial charge in [0.2, 0.25) is 0 Å². The highest BCUT2D eigenvalue weighted by Crippen LogP contribution is 2.47. The van der Waals surface area contributed by atoms with E-state index in [1.165, 1.54) is 19.3 Å². The Balaban J connectivity index is 3.56. The Hall–Kier alpha value is -0.876. The first-order chi connectivity index (χ1) is 21.0. The van der Waals surface area contributed by atoms with E-state index in [-0.39, 0.29) is 46.5 Å². The van der Waals surface area contributed by atoms with E-state index >= 15 is 0 Å². The van der Waals surface area contributed by atoms with Gasteiger partial charge in [-0.1, -0.05) is 107 Å². The van der Waals surface area contributed by atoms with Gasteiger partial charge in [-0.2, -0.15) is 0 Å². The van der Waals surface area contributed by atoms with Crippen LogP contribution in [-0.4, -0.2) is 51.6 Å². The van der Waals surface area contributed by atoms with Crippen molar-refractivity contribution in [1.82, 2.24) is 0 Å². The van der Waals surface area contributed by atoms with E-state index in [1.807, 2.05) is 13.8 Å². The molecule has 268 valence electrons. The standard InChI is InChI=1S/C37H70O6SSi2/c1-15-16-20-28(4)25-29(42-45(11,12)36(5,6)7)22-23-30-31(43-46(13,14)37(8,9)10)26-32(41-35(40)27(2)3)34(30)44-24-19-17-18-21-33(38)39/h22-23,27-31H,15-21,24-26H2,1-14H3,(H,38,39)/b23-22+/t28-,29-,30+,31-/m1/s1. The zero-order chi connectivity index (χ0) is 35.5. The molecule has 0 fully saturated rings. The Bertz CT molecular complexity index is 1020. The van der Waals surface area contributed by atoms with Crippen LogP contribution in [0.2, 0.25) is 36.3 Å². The molecule has 1 aliphatic rings. The summed E-state index contributed by atoms with van der Waals surface area (Å²) in [5, 5.41) is 9.19. The topological polar surface area (TPSA) is 82.1 Å². The molecular weight excluding hydrogens is 629 g/mol. The Morgan fingerprint density at radius 2 is 1.57 bits per heavy atom. The Morgan fingerprint density at radius 3 is 2.09 bits per heavy atom. The molecule has 0 aromatic rings. The second-order valence-electron chi connectivity index (χ2n) is 16.8. The summed E-state index contributed by atoms with van der Waals surface area (Å²) in [6.45, 7) is 31.3. The molecule has 0 aromatic carbocycles. The highest BCUT2D eigenvalue weighted by Gasteiger charge is 2.45. The van der Waals surface area contributed by atoms with E-state index in [0.29, 0.717) is 18.8 Å². The molecule has 4 atom stereocenters. The maximum absolute atomic E-state index is 12.9. The van der Waals surface area contributed by atoms with Gasteiger partial charge in [-0.25, -0.2) is 0 Å². The Labute approximate surface area is 289 Å². The number of ether oxygens (including phenoxy) is 1. The summed E-state index contributed by atoms with van der Waals surface area (Å²) in [5.41, 5.74) is 0. The zero-order valence-corrected chi connectivity index (χ0v) is 34.8. The number of carbonyl (C=O) groups is 2. The summed E-state index contributed by atoms with van der Waals surface area (Å²) in [5.74, 6) is 0.913. The molecule has 0 unspecified atom stereocenters. The van der Waals surface area contributed by atoms with E-state index in [0.717, 1.165) is 35.7 Å². The third kappa shape index (κ3) is 14.3. The average molecular weight is 699 g/mol. The molecule has 9 heteroatoms. The monoisotopic (exact) mass is 698 g/mol. The van der Waals surface area contributed by atoms with E-state index in [2.05, 4.69) is 93.7 Å². The molecule has 0 saturated carbocycles. The zero-order valence-electron chi connectivity index (χ0n) is 32.0. The summed E-state index contributed by atoms with van der Waals surface area (Å²) in [7, 11) is -4.18. The highest BCUT2D eigenvalue weighted by atomic mass is 32.2. The van der Waals surface area contributed by atoms with Crippen LogP contribution < -0.4 is 0 Å². The maximum atomic E-state index is 12.9. The number of carboxylic acid groups (broad SMARTS) is 1. The van der Waals surface area contributed by atoms with Crippen LogP contribution in [0.1, 0.15) is 127 Å². The van der Waals surface area contributed by atoms with Crippen LogP contribution >= 0.6 is 11.8 Å². The number of hydrogen-bond donors (Lipinski definition) is 1. The minimum atomic E-state index is -2.14. The minimum Gasteiger partial charge on any atom is -0.481 e. The molecule has 0 saturated heterocycles. The van der Waals surface area contributed by atoms with E-state index in [1.54, 1.807) is 11.8 Å². The average Bonchev–Trinajstić information content (AvgIpc) is 3.20. The smallest absolute Gasteiger partial charge is 0.313 e. The van der Waals surface area contributed by atoms with Crippen LogP contribution in [-0.2, 0) is 23.2 Å². The summed E-state index contributed by atoms with van der Waals surface area (Å²) in [6.07, 6.45) is 12.3. The van der Waals surface area contributed by atoms with Crippen molar-refractivity contribution in [3.05, 3.63) is 22.8 Å². The first kappa shape index (κ1) is 43.1. The van der Waals surface area contributed by atoms with Gasteiger partial charge in [0, 0.05) is 23.7 Å². The van der Waals surface area contributed by atoms with E-state index in [9.17, 15) is 9.59 Å². The molecule has 0 spiro atoms. The number of carboxylic acids is 1. The minimum absolute atomic E-state index is 0.00537. The van der Waals surface area contributed by atoms with E-state index < -0.39 is 22.6 Å². The molecular formula is C37H70O6SSi2. The fourth-order valence-electron chi connectivity index (χ4n) is 4.92. The van der Waals surface area contributed by atoms with Crippen molar-refractivity contribution in [2.45, 2.75) is 175 Å². The number of thioether (sulfide) groups is 1. The van der Waals surface area contributed by atoms with Crippen LogP contribution in [0.25, 0.3) is 0 Å². The third-order valence-corrected chi connectivity index (χ3v) is 20.4. The van der Waals surface area contributed by atoms with Gasteiger partial charge in [-0.15, -0.1) is 11.8 Å². The van der Waals surface area contributed by atoms with Gasteiger partial charge in [0.05, 0.1) is 18.1 Å². The number of carbonyl (C=O) groups excluding carboxylic acids is 1. The molecule has 1 N–H and O–H groups in total. The van der Waals surface area contributed by atoms with E-state index in [4.69, 9.17) is 18.7 Å². The lowest BCUT2D eigenvalue weighted by molar-refractivity contribution is -0.143. The summed E-state index contributed by atoms with van der Waals surface area (Å²) in [6, 6.07) is 0. The molecule has 6 nitrogen and oxygen atoms in total. The molecule has 0 aliphatic heterocycles. The Morgan fingerprint density at radius 1 is 0.957 bits per heavy atom. The lowest BCUT2D eigenvalue weighted by atomic mass is 9.96. The van der Waals surface area contributed by atoms with Crippen LogP contribution in [0.3, 0.4) is 0 Å². The molecule has 0 bridgehead atoms. The van der Waals surface area contributed by atoms with Gasteiger partial charge >= 0.3 is 11.9 Å². The maximum Gasteiger partial charge on any atom is 0.313 e. The third-order valence-electron chi connectivity index (χ3n) is 10.1. The predicted octanol–water partition coefficient (Wildman–Crippen LogP) is 11.3. The second-order valence-corrected chi connectivity index (χ2v) is 27.5. The number of aliphatic carboxylic acids is 1. The first-order valence-electron chi connectivity index (χ1n) is 17.9. The van der Waals surface area contributed by atoms with Crippen LogP contribution in [0.4, 0.5) is 0 Å². The van der Waals surface area contributed by atoms with Crippen molar-refractivity contribution in [2.75, 3.05) is 5.75 Å². The van der Waals surface area contributed by atoms with Crippen LogP contribution in [0, 0.1) is 17.8 Å². The molecule has 46 heavy (non-hydrogen) atoms. The molecule has 0 radical (unpaired) electrons. The van der Waals surface area contributed by atoms with Crippen molar-refractivity contribution in [1.29, 1.82) is 0 Å². The quantitative estimate of drug-likeness (QED) is 0.0586. The summed E-state index contributed by atoms with van der Waals surface area (Å²) in [4.78, 5) is 25.0. The van der Waals surface area contributed by atoms with Crippen molar-refractivity contribution in [3.8, 4) is 0 Å². The Kier molecular flexibility index (Phi) is 17.6. The second kappa shape index (κ2) is 18.8. The van der Waals surface area contributed by atoms with Gasteiger partial charge in [-0.3, -0.25) is 9.59 Å². The highest BCUT2D eigenvalue weighted by molar-refractivity contribution is 8.03. The lowest BCUT2D eigenvalue weighted by Gasteiger charge is -2.40. The molecule has 1 aliphatic carbocycles. The number of unbranched alkanes of at least 4 members (excludes halogenated alkanes) is 3. The molecule has 1 rings (SSSR count). The first-order valence-corrected chi connectivity index (χ1v) is 24.7. The predicted molar refractivity (Wildman–Crippen MR) is 201 cm³/mol. The largest absolute Gasteiger partial charge is 0.481 e. The lowest BCUT2D eigenvalue weighted by Crippen LogP contribution is -2.45. The van der Waals surface area contributed by atoms with Crippen molar-refractivity contribution >= 4 is 40.3 Å².